The third-order valence-electron chi connectivity index (χ3n) is 4.50. The van der Waals surface area contributed by atoms with Crippen molar-refractivity contribution in [2.24, 2.45) is 0 Å². The van der Waals surface area contributed by atoms with E-state index in [-0.39, 0.29) is 9.92 Å². The summed E-state index contributed by atoms with van der Waals surface area (Å²) < 4.78 is 25.8. The quantitative estimate of drug-likeness (QED) is 0.766. The number of aromatic amines is 1. The SMILES string of the molecule is CN1CCN(c2ccc3[nH]nc(S(=O)(=O)c4ccccc4)c3n2)CC1. The van der Waals surface area contributed by atoms with Crippen LogP contribution in [0.3, 0.4) is 0 Å². The Hall–Kier alpha value is -2.45. The lowest BCUT2D eigenvalue weighted by atomic mass is 10.3. The lowest BCUT2D eigenvalue weighted by Gasteiger charge is -2.33. The Morgan fingerprint density at radius 3 is 2.44 bits per heavy atom. The molecule has 1 aromatic carbocycles. The van der Waals surface area contributed by atoms with Crippen LogP contribution in [0, 0.1) is 0 Å². The highest BCUT2D eigenvalue weighted by atomic mass is 32.2. The summed E-state index contributed by atoms with van der Waals surface area (Å²) in [4.78, 5) is 9.26. The van der Waals surface area contributed by atoms with Crippen molar-refractivity contribution >= 4 is 26.7 Å². The van der Waals surface area contributed by atoms with Crippen molar-refractivity contribution in [3.8, 4) is 0 Å². The predicted molar refractivity (Wildman–Crippen MR) is 95.5 cm³/mol. The fourth-order valence-corrected chi connectivity index (χ4v) is 4.29. The Kier molecular flexibility index (Phi) is 3.93. The van der Waals surface area contributed by atoms with Crippen LogP contribution < -0.4 is 4.90 Å². The van der Waals surface area contributed by atoms with Gasteiger partial charge in [0.2, 0.25) is 14.9 Å². The van der Waals surface area contributed by atoms with Crippen molar-refractivity contribution in [1.82, 2.24) is 20.1 Å². The van der Waals surface area contributed by atoms with E-state index in [2.05, 4.69) is 32.0 Å². The van der Waals surface area contributed by atoms with Gasteiger partial charge in [-0.1, -0.05) is 18.2 Å². The maximum atomic E-state index is 12.9. The van der Waals surface area contributed by atoms with Crippen LogP contribution in [0.25, 0.3) is 11.0 Å². The van der Waals surface area contributed by atoms with E-state index in [1.807, 2.05) is 12.1 Å². The van der Waals surface area contributed by atoms with Crippen LogP contribution >= 0.6 is 0 Å². The van der Waals surface area contributed by atoms with Crippen LogP contribution in [0.2, 0.25) is 0 Å². The predicted octanol–water partition coefficient (Wildman–Crippen LogP) is 1.54. The van der Waals surface area contributed by atoms with Gasteiger partial charge in [0, 0.05) is 26.2 Å². The summed E-state index contributed by atoms with van der Waals surface area (Å²) in [6.07, 6.45) is 0. The highest BCUT2D eigenvalue weighted by Crippen LogP contribution is 2.27. The molecule has 25 heavy (non-hydrogen) atoms. The summed E-state index contributed by atoms with van der Waals surface area (Å²) in [7, 11) is -1.62. The summed E-state index contributed by atoms with van der Waals surface area (Å²) in [5, 5.41) is 6.80. The van der Waals surface area contributed by atoms with Gasteiger partial charge >= 0.3 is 0 Å². The number of benzene rings is 1. The molecular formula is C17H19N5O2S. The minimum absolute atomic E-state index is 0.0234. The van der Waals surface area contributed by atoms with Gasteiger partial charge in [0.15, 0.2) is 0 Å². The minimum Gasteiger partial charge on any atom is -0.354 e. The lowest BCUT2D eigenvalue weighted by Crippen LogP contribution is -2.44. The number of hydrogen-bond acceptors (Lipinski definition) is 6. The maximum absolute atomic E-state index is 12.9. The molecule has 3 heterocycles. The molecule has 1 aliphatic rings. The molecule has 1 aliphatic heterocycles. The fraction of sp³-hybridized carbons (Fsp3) is 0.294. The normalized spacial score (nSPS) is 16.4. The van der Waals surface area contributed by atoms with Gasteiger partial charge in [0.25, 0.3) is 0 Å². The number of anilines is 1. The average molecular weight is 357 g/mol. The Bertz CT molecular complexity index is 992. The monoisotopic (exact) mass is 357 g/mol. The molecule has 7 nitrogen and oxygen atoms in total. The second kappa shape index (κ2) is 6.12. The number of H-pyrrole nitrogens is 1. The molecule has 3 aromatic rings. The van der Waals surface area contributed by atoms with Crippen molar-refractivity contribution in [3.63, 3.8) is 0 Å². The summed E-state index contributed by atoms with van der Waals surface area (Å²) in [6, 6.07) is 12.1. The Balaban J connectivity index is 1.77. The van der Waals surface area contributed by atoms with Crippen LogP contribution in [0.4, 0.5) is 5.82 Å². The van der Waals surface area contributed by atoms with Gasteiger partial charge < -0.3 is 9.80 Å². The molecule has 0 amide bonds. The summed E-state index contributed by atoms with van der Waals surface area (Å²) in [6.45, 7) is 3.65. The van der Waals surface area contributed by atoms with Crippen LogP contribution in [-0.2, 0) is 9.84 Å². The van der Waals surface area contributed by atoms with Gasteiger partial charge in [0.05, 0.1) is 10.4 Å². The number of nitrogens with one attached hydrogen (secondary N) is 1. The van der Waals surface area contributed by atoms with E-state index in [0.717, 1.165) is 32.0 Å². The number of pyridine rings is 1. The molecule has 2 aromatic heterocycles. The maximum Gasteiger partial charge on any atom is 0.227 e. The second-order valence-corrected chi connectivity index (χ2v) is 8.07. The third kappa shape index (κ3) is 2.87. The molecule has 4 rings (SSSR count). The second-order valence-electron chi connectivity index (χ2n) is 6.20. The Morgan fingerprint density at radius 1 is 1.00 bits per heavy atom. The van der Waals surface area contributed by atoms with E-state index in [9.17, 15) is 8.42 Å². The Morgan fingerprint density at radius 2 is 1.72 bits per heavy atom. The van der Waals surface area contributed by atoms with Gasteiger partial charge in [-0.2, -0.15) is 5.10 Å². The molecule has 0 radical (unpaired) electrons. The largest absolute Gasteiger partial charge is 0.354 e. The number of nitrogens with zero attached hydrogens (tertiary/aromatic N) is 4. The molecule has 0 aliphatic carbocycles. The summed E-state index contributed by atoms with van der Waals surface area (Å²) in [5.74, 6) is 0.784. The molecule has 0 atom stereocenters. The van der Waals surface area contributed by atoms with E-state index in [0.29, 0.717) is 11.0 Å². The first-order chi connectivity index (χ1) is 12.1. The van der Waals surface area contributed by atoms with E-state index in [4.69, 9.17) is 0 Å². The standard InChI is InChI=1S/C17H19N5O2S/c1-21-9-11-22(12-10-21)15-8-7-14-16(18-15)17(20-19-14)25(23,24)13-5-3-2-4-6-13/h2-8H,9-12H2,1H3,(H,19,20). The van der Waals surface area contributed by atoms with Crippen LogP contribution in [0.5, 0.6) is 0 Å². The van der Waals surface area contributed by atoms with Gasteiger partial charge in [-0.25, -0.2) is 13.4 Å². The molecule has 1 N–H and O–H groups in total. The molecule has 8 heteroatoms. The summed E-state index contributed by atoms with van der Waals surface area (Å²) >= 11 is 0. The topological polar surface area (TPSA) is 82.2 Å². The summed E-state index contributed by atoms with van der Waals surface area (Å²) in [5.41, 5.74) is 1.01. The fourth-order valence-electron chi connectivity index (χ4n) is 2.98. The molecule has 0 spiro atoms. The average Bonchev–Trinajstić information content (AvgIpc) is 3.07. The van der Waals surface area contributed by atoms with E-state index >= 15 is 0 Å². The van der Waals surface area contributed by atoms with Gasteiger partial charge in [0.1, 0.15) is 11.3 Å². The van der Waals surface area contributed by atoms with Crippen molar-refractivity contribution in [2.75, 3.05) is 38.1 Å². The molecule has 0 bridgehead atoms. The Labute approximate surface area is 146 Å². The molecule has 1 fully saturated rings. The highest BCUT2D eigenvalue weighted by Gasteiger charge is 2.25. The first kappa shape index (κ1) is 16.0. The number of hydrogen-bond donors (Lipinski definition) is 1. The van der Waals surface area contributed by atoms with Gasteiger partial charge in [-0.15, -0.1) is 0 Å². The molecule has 1 saturated heterocycles. The minimum atomic E-state index is -3.71. The van der Waals surface area contributed by atoms with E-state index in [1.54, 1.807) is 30.3 Å². The van der Waals surface area contributed by atoms with Crippen LogP contribution in [0.1, 0.15) is 0 Å². The van der Waals surface area contributed by atoms with Crippen molar-refractivity contribution in [1.29, 1.82) is 0 Å². The zero-order chi connectivity index (χ0) is 17.4. The van der Waals surface area contributed by atoms with E-state index in [1.165, 1.54) is 0 Å². The number of fused-ring (bicyclic) bond motifs is 1. The molecule has 0 saturated carbocycles. The number of piperazine rings is 1. The van der Waals surface area contributed by atoms with Crippen molar-refractivity contribution in [3.05, 3.63) is 42.5 Å². The third-order valence-corrected chi connectivity index (χ3v) is 6.18. The number of aromatic nitrogens is 3. The number of likely N-dealkylation sites (N-methyl/N-ethyl adjacent to an activating group) is 1. The number of sulfone groups is 1. The van der Waals surface area contributed by atoms with Crippen molar-refractivity contribution in [2.45, 2.75) is 9.92 Å². The first-order valence-corrected chi connectivity index (χ1v) is 9.63. The molecule has 130 valence electrons. The van der Waals surface area contributed by atoms with Crippen LogP contribution in [-0.4, -0.2) is 61.7 Å². The molecule has 0 unspecified atom stereocenters. The first-order valence-electron chi connectivity index (χ1n) is 8.14. The zero-order valence-corrected chi connectivity index (χ0v) is 14.7. The van der Waals surface area contributed by atoms with Gasteiger partial charge in [-0.3, -0.25) is 5.10 Å². The van der Waals surface area contributed by atoms with Crippen molar-refractivity contribution < 1.29 is 8.42 Å². The molecular weight excluding hydrogens is 338 g/mol. The zero-order valence-electron chi connectivity index (χ0n) is 13.9. The van der Waals surface area contributed by atoms with E-state index < -0.39 is 9.84 Å². The number of rotatable bonds is 3. The van der Waals surface area contributed by atoms with Gasteiger partial charge in [-0.05, 0) is 31.3 Å². The smallest absolute Gasteiger partial charge is 0.227 e. The lowest BCUT2D eigenvalue weighted by molar-refractivity contribution is 0.312. The highest BCUT2D eigenvalue weighted by molar-refractivity contribution is 7.91. The van der Waals surface area contributed by atoms with Crippen LogP contribution in [0.15, 0.2) is 52.4 Å².